The van der Waals surface area contributed by atoms with E-state index in [2.05, 4.69) is 199 Å². The number of rotatable bonds is 5. The van der Waals surface area contributed by atoms with Crippen molar-refractivity contribution in [2.24, 2.45) is 0 Å². The van der Waals surface area contributed by atoms with Crippen molar-refractivity contribution < 1.29 is 0 Å². The van der Waals surface area contributed by atoms with Gasteiger partial charge in [0.05, 0.1) is 0 Å². The molecule has 2 heteroatoms. The van der Waals surface area contributed by atoms with E-state index in [1.165, 1.54) is 83.4 Å². The van der Waals surface area contributed by atoms with Crippen molar-refractivity contribution in [3.8, 4) is 55.6 Å². The lowest BCUT2D eigenvalue weighted by atomic mass is 9.37. The van der Waals surface area contributed by atoms with Crippen molar-refractivity contribution >= 4 is 40.2 Å². The van der Waals surface area contributed by atoms with Gasteiger partial charge in [0.25, 0.3) is 0 Å². The third-order valence-electron chi connectivity index (χ3n) is 10.5. The molecule has 0 radical (unpaired) electrons. The predicted molar refractivity (Wildman–Crippen MR) is 213 cm³/mol. The normalized spacial score (nSPS) is 12.3. The standard InChI is InChI=1S/C48H32BN/c1-5-13-33(14-6-1)37-21-25-41(26-22-37)50-46-28-24-39(35-17-9-3-10-18-35)31-45(46)49-44-30-38(34-15-7-2-8-16-34)23-27-42(44)43-29-40(32-47(50)48(43)49)36-19-11-4-12-20-36/h1-32H. The molecule has 8 aromatic rings. The maximum atomic E-state index is 2.50. The zero-order valence-corrected chi connectivity index (χ0v) is 27.5. The van der Waals surface area contributed by atoms with Gasteiger partial charge in [0.1, 0.15) is 0 Å². The van der Waals surface area contributed by atoms with Crippen LogP contribution in [-0.4, -0.2) is 6.71 Å². The highest BCUT2D eigenvalue weighted by Gasteiger charge is 2.43. The minimum Gasteiger partial charge on any atom is -0.311 e. The molecule has 0 aromatic heterocycles. The molecule has 0 N–H and O–H groups in total. The Balaban J connectivity index is 1.24. The lowest BCUT2D eigenvalue weighted by molar-refractivity contribution is 1.30. The monoisotopic (exact) mass is 633 g/mol. The van der Waals surface area contributed by atoms with Gasteiger partial charge in [0, 0.05) is 17.1 Å². The molecule has 0 saturated carbocycles. The van der Waals surface area contributed by atoms with E-state index in [0.717, 1.165) is 5.69 Å². The van der Waals surface area contributed by atoms with Crippen LogP contribution in [0.15, 0.2) is 194 Å². The van der Waals surface area contributed by atoms with Crippen LogP contribution >= 0.6 is 0 Å². The number of hydrogen-bond acceptors (Lipinski definition) is 1. The van der Waals surface area contributed by atoms with Crippen molar-refractivity contribution in [3.63, 3.8) is 0 Å². The van der Waals surface area contributed by atoms with Crippen molar-refractivity contribution in [2.75, 3.05) is 4.90 Å². The van der Waals surface area contributed by atoms with Crippen molar-refractivity contribution in [2.45, 2.75) is 0 Å². The number of hydrogen-bond donors (Lipinski definition) is 0. The van der Waals surface area contributed by atoms with Crippen molar-refractivity contribution in [1.29, 1.82) is 0 Å². The van der Waals surface area contributed by atoms with Crippen molar-refractivity contribution in [1.82, 2.24) is 0 Å². The molecule has 2 aliphatic heterocycles. The minimum absolute atomic E-state index is 0.113. The number of anilines is 3. The van der Waals surface area contributed by atoms with Crippen LogP contribution in [0.5, 0.6) is 0 Å². The largest absolute Gasteiger partial charge is 0.311 e. The molecule has 2 heterocycles. The quantitative estimate of drug-likeness (QED) is 0.171. The molecule has 1 nitrogen and oxygen atoms in total. The van der Waals surface area contributed by atoms with Crippen LogP contribution in [0.25, 0.3) is 55.6 Å². The van der Waals surface area contributed by atoms with Crippen LogP contribution in [0.3, 0.4) is 0 Å². The Labute approximate surface area is 293 Å². The molecule has 8 aromatic carbocycles. The Hall–Kier alpha value is -6.38. The van der Waals surface area contributed by atoms with E-state index in [0.29, 0.717) is 0 Å². The van der Waals surface area contributed by atoms with Crippen molar-refractivity contribution in [3.05, 3.63) is 194 Å². The number of fused-ring (bicyclic) bond motifs is 5. The zero-order valence-electron chi connectivity index (χ0n) is 27.5. The Morgan fingerprint density at radius 3 is 1.34 bits per heavy atom. The van der Waals surface area contributed by atoms with Gasteiger partial charge in [-0.25, -0.2) is 0 Å². The fourth-order valence-corrected chi connectivity index (χ4v) is 8.12. The summed E-state index contributed by atoms with van der Waals surface area (Å²) >= 11 is 0. The molecule has 0 fully saturated rings. The molecule has 0 aliphatic carbocycles. The maximum absolute atomic E-state index is 2.50. The van der Waals surface area contributed by atoms with Gasteiger partial charge >= 0.3 is 0 Å². The number of benzene rings is 8. The third-order valence-corrected chi connectivity index (χ3v) is 10.5. The van der Waals surface area contributed by atoms with E-state index in [-0.39, 0.29) is 6.71 Å². The zero-order chi connectivity index (χ0) is 33.0. The smallest absolute Gasteiger partial charge is 0.248 e. The molecule has 0 unspecified atom stereocenters. The second-order valence-electron chi connectivity index (χ2n) is 13.3. The van der Waals surface area contributed by atoms with Gasteiger partial charge in [-0.05, 0) is 96.9 Å². The first kappa shape index (κ1) is 28.6. The van der Waals surface area contributed by atoms with Gasteiger partial charge in [0.15, 0.2) is 0 Å². The van der Waals surface area contributed by atoms with Crippen LogP contribution in [-0.2, 0) is 0 Å². The summed E-state index contributed by atoms with van der Waals surface area (Å²) in [4.78, 5) is 2.50. The van der Waals surface area contributed by atoms with Crippen LogP contribution in [0, 0.1) is 0 Å². The van der Waals surface area contributed by atoms with Gasteiger partial charge in [-0.1, -0.05) is 169 Å². The fraction of sp³-hybridized carbons (Fsp3) is 0. The molecular weight excluding hydrogens is 601 g/mol. The third kappa shape index (κ3) is 4.64. The summed E-state index contributed by atoms with van der Waals surface area (Å²) in [6, 6.07) is 71.2. The first-order valence-electron chi connectivity index (χ1n) is 17.4. The second kappa shape index (κ2) is 11.6. The number of nitrogens with zero attached hydrogens (tertiary/aromatic N) is 1. The molecule has 0 saturated heterocycles. The van der Waals surface area contributed by atoms with E-state index in [4.69, 9.17) is 0 Å². The first-order valence-corrected chi connectivity index (χ1v) is 17.4. The van der Waals surface area contributed by atoms with Crippen LogP contribution in [0.4, 0.5) is 17.1 Å². The van der Waals surface area contributed by atoms with E-state index < -0.39 is 0 Å². The van der Waals surface area contributed by atoms with Gasteiger partial charge in [-0.3, -0.25) is 0 Å². The molecule has 0 atom stereocenters. The molecule has 2 aliphatic rings. The SMILES string of the molecule is c1ccc(-c2ccc(N3c4ccc(-c5ccccc5)cc4B4c5cc(-c6ccccc6)ccc5-c5cc(-c6ccccc6)cc3c54)cc2)cc1. The average Bonchev–Trinajstić information content (AvgIpc) is 3.53. The Bertz CT molecular complexity index is 2510. The van der Waals surface area contributed by atoms with Crippen LogP contribution < -0.4 is 21.3 Å². The van der Waals surface area contributed by atoms with Gasteiger partial charge in [-0.15, -0.1) is 0 Å². The Morgan fingerprint density at radius 2 is 0.760 bits per heavy atom. The molecule has 0 spiro atoms. The molecular formula is C48H32BN. The highest BCUT2D eigenvalue weighted by molar-refractivity contribution is 7.01. The summed E-state index contributed by atoms with van der Waals surface area (Å²) < 4.78 is 0. The summed E-state index contributed by atoms with van der Waals surface area (Å²) in [5, 5.41) is 0. The molecule has 10 rings (SSSR count). The summed E-state index contributed by atoms with van der Waals surface area (Å²) in [5.41, 5.74) is 20.2. The van der Waals surface area contributed by atoms with E-state index >= 15 is 0 Å². The Morgan fingerprint density at radius 1 is 0.300 bits per heavy atom. The van der Waals surface area contributed by atoms with Crippen LogP contribution in [0.2, 0.25) is 0 Å². The van der Waals surface area contributed by atoms with E-state index in [1.54, 1.807) is 0 Å². The fourth-order valence-electron chi connectivity index (χ4n) is 8.12. The molecule has 0 bridgehead atoms. The van der Waals surface area contributed by atoms with E-state index in [9.17, 15) is 0 Å². The van der Waals surface area contributed by atoms with Crippen LogP contribution in [0.1, 0.15) is 0 Å². The highest BCUT2D eigenvalue weighted by atomic mass is 15.2. The lowest BCUT2D eigenvalue weighted by Crippen LogP contribution is -2.54. The summed E-state index contributed by atoms with van der Waals surface area (Å²) in [6.45, 7) is 0.113. The van der Waals surface area contributed by atoms with E-state index in [1.807, 2.05) is 0 Å². The maximum Gasteiger partial charge on any atom is 0.248 e. The second-order valence-corrected chi connectivity index (χ2v) is 13.3. The predicted octanol–water partition coefficient (Wildman–Crippen LogP) is 10.6. The summed E-state index contributed by atoms with van der Waals surface area (Å²) in [5.74, 6) is 0. The molecule has 232 valence electrons. The molecule has 0 amide bonds. The Kier molecular flexibility index (Phi) is 6.67. The van der Waals surface area contributed by atoms with Gasteiger partial charge in [-0.2, -0.15) is 0 Å². The highest BCUT2D eigenvalue weighted by Crippen LogP contribution is 2.44. The average molecular weight is 634 g/mol. The lowest BCUT2D eigenvalue weighted by Gasteiger charge is -2.36. The summed E-state index contributed by atoms with van der Waals surface area (Å²) in [7, 11) is 0. The summed E-state index contributed by atoms with van der Waals surface area (Å²) in [6.07, 6.45) is 0. The minimum atomic E-state index is 0.113. The topological polar surface area (TPSA) is 3.24 Å². The van der Waals surface area contributed by atoms with Gasteiger partial charge < -0.3 is 4.90 Å². The van der Waals surface area contributed by atoms with Gasteiger partial charge in [0.2, 0.25) is 6.71 Å². The molecule has 50 heavy (non-hydrogen) atoms. The first-order chi connectivity index (χ1) is 24.8.